The zero-order valence-electron chi connectivity index (χ0n) is 10.3. The van der Waals surface area contributed by atoms with Gasteiger partial charge >= 0.3 is 11.9 Å². The molecule has 1 aliphatic rings. The Bertz CT molecular complexity index is 501. The van der Waals surface area contributed by atoms with E-state index in [9.17, 15) is 23.3 Å². The summed E-state index contributed by atoms with van der Waals surface area (Å²) < 4.78 is 43.0. The topological polar surface area (TPSA) is 77.3 Å². The average Bonchev–Trinajstić information content (AvgIpc) is 2.87. The lowest BCUT2D eigenvalue weighted by Crippen LogP contribution is -2.19. The van der Waals surface area contributed by atoms with E-state index in [0.29, 0.717) is 18.9 Å². The number of nitrogens with zero attached hydrogens (tertiary/aromatic N) is 2. The Morgan fingerprint density at radius 1 is 1.55 bits per heavy atom. The molecule has 1 saturated heterocycles. The van der Waals surface area contributed by atoms with Crippen molar-refractivity contribution in [3.8, 4) is 0 Å². The second-order valence-corrected chi connectivity index (χ2v) is 4.36. The van der Waals surface area contributed by atoms with Crippen molar-refractivity contribution in [3.05, 3.63) is 28.1 Å². The van der Waals surface area contributed by atoms with Gasteiger partial charge in [0, 0.05) is 13.2 Å². The summed E-state index contributed by atoms with van der Waals surface area (Å²) in [5.74, 6) is 0. The molecule has 0 bridgehead atoms. The number of ether oxygens (including phenoxy) is 1. The van der Waals surface area contributed by atoms with Crippen LogP contribution in [0.2, 0.25) is 0 Å². The van der Waals surface area contributed by atoms with Gasteiger partial charge in [-0.05, 0) is 18.9 Å². The first-order chi connectivity index (χ1) is 9.38. The Labute approximate surface area is 112 Å². The van der Waals surface area contributed by atoms with Crippen molar-refractivity contribution < 1.29 is 22.8 Å². The number of halogens is 3. The number of aromatic nitrogens is 1. The number of nitrogens with one attached hydrogen (secondary N) is 1. The first-order valence-electron chi connectivity index (χ1n) is 5.95. The summed E-state index contributed by atoms with van der Waals surface area (Å²) in [6.07, 6.45) is -2.52. The van der Waals surface area contributed by atoms with Crippen LogP contribution in [0.25, 0.3) is 0 Å². The number of nitro groups is 1. The third-order valence-corrected chi connectivity index (χ3v) is 2.91. The van der Waals surface area contributed by atoms with Crippen molar-refractivity contribution >= 4 is 11.4 Å². The molecule has 2 rings (SSSR count). The number of pyridine rings is 1. The van der Waals surface area contributed by atoms with Gasteiger partial charge in [-0.1, -0.05) is 0 Å². The maximum absolute atomic E-state index is 12.6. The van der Waals surface area contributed by atoms with Crippen molar-refractivity contribution in [2.75, 3.05) is 18.5 Å². The van der Waals surface area contributed by atoms with Gasteiger partial charge in [-0.3, -0.25) is 10.1 Å². The molecule has 20 heavy (non-hydrogen) atoms. The highest BCUT2D eigenvalue weighted by Crippen LogP contribution is 2.33. The quantitative estimate of drug-likeness (QED) is 0.681. The third kappa shape index (κ3) is 3.35. The van der Waals surface area contributed by atoms with Gasteiger partial charge in [-0.2, -0.15) is 13.2 Å². The largest absolute Gasteiger partial charge is 0.433 e. The molecule has 1 aromatic rings. The fraction of sp³-hybridized carbons (Fsp3) is 0.545. The van der Waals surface area contributed by atoms with Crippen LogP contribution in [0, 0.1) is 10.1 Å². The lowest BCUT2D eigenvalue weighted by atomic mass is 10.2. The van der Waals surface area contributed by atoms with Gasteiger partial charge in [0.05, 0.1) is 11.0 Å². The van der Waals surface area contributed by atoms with E-state index >= 15 is 0 Å². The van der Waals surface area contributed by atoms with Gasteiger partial charge in [-0.15, -0.1) is 0 Å². The van der Waals surface area contributed by atoms with E-state index in [1.807, 2.05) is 0 Å². The minimum atomic E-state index is -4.64. The van der Waals surface area contributed by atoms with E-state index in [1.54, 1.807) is 0 Å². The van der Waals surface area contributed by atoms with Crippen LogP contribution in [0.5, 0.6) is 0 Å². The molecule has 0 aromatic carbocycles. The molecule has 9 heteroatoms. The minimum Gasteiger partial charge on any atom is -0.377 e. The number of hydrogen-bond donors (Lipinski definition) is 1. The van der Waals surface area contributed by atoms with Crippen LogP contribution < -0.4 is 5.32 Å². The number of anilines is 1. The Morgan fingerprint density at radius 3 is 2.85 bits per heavy atom. The van der Waals surface area contributed by atoms with Crippen LogP contribution in [-0.2, 0) is 10.9 Å². The van der Waals surface area contributed by atoms with Crippen LogP contribution in [0.1, 0.15) is 18.5 Å². The SMILES string of the molecule is O=[N+]([O-])c1cnc(C(F)(F)F)cc1NCC1CCCO1. The van der Waals surface area contributed by atoms with Crippen molar-refractivity contribution in [2.24, 2.45) is 0 Å². The molecule has 0 amide bonds. The number of hydrogen-bond acceptors (Lipinski definition) is 5. The second kappa shape index (κ2) is 5.61. The number of rotatable bonds is 4. The van der Waals surface area contributed by atoms with Gasteiger partial charge in [0.15, 0.2) is 0 Å². The van der Waals surface area contributed by atoms with E-state index in [1.165, 1.54) is 0 Å². The molecule has 0 spiro atoms. The minimum absolute atomic E-state index is 0.142. The van der Waals surface area contributed by atoms with E-state index in [-0.39, 0.29) is 18.3 Å². The molecule has 1 fully saturated rings. The van der Waals surface area contributed by atoms with Crippen LogP contribution in [0.4, 0.5) is 24.5 Å². The van der Waals surface area contributed by atoms with Crippen LogP contribution in [-0.4, -0.2) is 29.2 Å². The highest BCUT2D eigenvalue weighted by Gasteiger charge is 2.34. The van der Waals surface area contributed by atoms with Crippen molar-refractivity contribution in [1.82, 2.24) is 4.98 Å². The predicted octanol–water partition coefficient (Wildman–Crippen LogP) is 2.60. The van der Waals surface area contributed by atoms with Gasteiger partial charge in [0.1, 0.15) is 17.6 Å². The first kappa shape index (κ1) is 14.5. The van der Waals surface area contributed by atoms with Crippen LogP contribution in [0.3, 0.4) is 0 Å². The van der Waals surface area contributed by atoms with Gasteiger partial charge in [-0.25, -0.2) is 4.98 Å². The Morgan fingerprint density at radius 2 is 2.30 bits per heavy atom. The zero-order chi connectivity index (χ0) is 14.8. The van der Waals surface area contributed by atoms with Crippen molar-refractivity contribution in [3.63, 3.8) is 0 Å². The molecule has 0 radical (unpaired) electrons. The molecule has 110 valence electrons. The lowest BCUT2D eigenvalue weighted by Gasteiger charge is -2.13. The van der Waals surface area contributed by atoms with E-state index < -0.39 is 22.5 Å². The van der Waals surface area contributed by atoms with E-state index in [2.05, 4.69) is 10.3 Å². The summed E-state index contributed by atoms with van der Waals surface area (Å²) in [6.45, 7) is 0.820. The Balaban J connectivity index is 2.20. The summed E-state index contributed by atoms with van der Waals surface area (Å²) >= 11 is 0. The summed E-state index contributed by atoms with van der Waals surface area (Å²) in [6, 6.07) is 0.646. The van der Waals surface area contributed by atoms with Gasteiger partial charge in [0.2, 0.25) is 0 Å². The molecular formula is C11H12F3N3O3. The standard InChI is InChI=1S/C11H12F3N3O3/c12-11(13,14)10-4-8(9(6-16-10)17(18)19)15-5-7-2-1-3-20-7/h4,6-7H,1-3,5H2,(H,15,16). The first-order valence-corrected chi connectivity index (χ1v) is 5.95. The van der Waals surface area contributed by atoms with Gasteiger partial charge in [0.25, 0.3) is 0 Å². The average molecular weight is 291 g/mol. The fourth-order valence-corrected chi connectivity index (χ4v) is 1.92. The highest BCUT2D eigenvalue weighted by molar-refractivity contribution is 5.61. The number of alkyl halides is 3. The molecule has 2 heterocycles. The maximum Gasteiger partial charge on any atom is 0.433 e. The lowest BCUT2D eigenvalue weighted by molar-refractivity contribution is -0.384. The third-order valence-electron chi connectivity index (χ3n) is 2.91. The summed E-state index contributed by atoms with van der Waals surface area (Å²) in [5, 5.41) is 13.4. The maximum atomic E-state index is 12.6. The smallest absolute Gasteiger partial charge is 0.377 e. The molecule has 0 aliphatic carbocycles. The summed E-state index contributed by atoms with van der Waals surface area (Å²) in [4.78, 5) is 13.1. The molecule has 1 aromatic heterocycles. The van der Waals surface area contributed by atoms with Crippen molar-refractivity contribution in [1.29, 1.82) is 0 Å². The monoisotopic (exact) mass is 291 g/mol. The molecule has 1 atom stereocenters. The van der Waals surface area contributed by atoms with Crippen LogP contribution in [0.15, 0.2) is 12.3 Å². The Hall–Kier alpha value is -1.90. The molecule has 6 nitrogen and oxygen atoms in total. The fourth-order valence-electron chi connectivity index (χ4n) is 1.92. The van der Waals surface area contributed by atoms with E-state index in [4.69, 9.17) is 4.74 Å². The Kier molecular flexibility index (Phi) is 4.07. The highest BCUT2D eigenvalue weighted by atomic mass is 19.4. The summed E-state index contributed by atoms with van der Waals surface area (Å²) in [5.41, 5.74) is -1.86. The predicted molar refractivity (Wildman–Crippen MR) is 63.4 cm³/mol. The van der Waals surface area contributed by atoms with Crippen molar-refractivity contribution in [2.45, 2.75) is 25.1 Å². The molecule has 1 unspecified atom stereocenters. The molecule has 1 N–H and O–H groups in total. The second-order valence-electron chi connectivity index (χ2n) is 4.36. The zero-order valence-corrected chi connectivity index (χ0v) is 10.3. The van der Waals surface area contributed by atoms with Crippen LogP contribution >= 0.6 is 0 Å². The summed E-state index contributed by atoms with van der Waals surface area (Å²) in [7, 11) is 0. The van der Waals surface area contributed by atoms with E-state index in [0.717, 1.165) is 12.8 Å². The molecular weight excluding hydrogens is 279 g/mol. The normalized spacial score (nSPS) is 19.1. The molecule has 1 aliphatic heterocycles. The molecule has 0 saturated carbocycles. The van der Waals surface area contributed by atoms with Gasteiger partial charge < -0.3 is 10.1 Å².